The van der Waals surface area contributed by atoms with E-state index in [0.29, 0.717) is 23.6 Å². The topological polar surface area (TPSA) is 121 Å². The molecule has 8 rings (SSSR count). The fourth-order valence-corrected chi connectivity index (χ4v) is 8.64. The Kier molecular flexibility index (Phi) is 7.57. The summed E-state index contributed by atoms with van der Waals surface area (Å²) in [6, 6.07) is 9.63. The third kappa shape index (κ3) is 5.03. The van der Waals surface area contributed by atoms with Gasteiger partial charge in [-0.05, 0) is 89.5 Å². The number of rotatable bonds is 8. The molecule has 10 nitrogen and oxygen atoms in total. The Morgan fingerprint density at radius 3 is 2.46 bits per heavy atom. The summed E-state index contributed by atoms with van der Waals surface area (Å²) in [6.45, 7) is 8.11. The number of carbonyl (C=O) groups excluding carboxylic acids is 1. The highest BCUT2D eigenvalue weighted by molar-refractivity contribution is 7.90. The minimum absolute atomic E-state index is 0.0634. The van der Waals surface area contributed by atoms with Crippen molar-refractivity contribution in [3.63, 3.8) is 0 Å². The van der Waals surface area contributed by atoms with Gasteiger partial charge in [-0.3, -0.25) is 4.79 Å². The van der Waals surface area contributed by atoms with Crippen LogP contribution in [-0.4, -0.2) is 50.5 Å². The van der Waals surface area contributed by atoms with E-state index in [1.807, 2.05) is 44.5 Å². The molecule has 3 saturated carbocycles. The Bertz CT molecular complexity index is 2060. The third-order valence-electron chi connectivity index (χ3n) is 9.61. The lowest BCUT2D eigenvalue weighted by atomic mass is 9.61. The number of hydrogen-bond donors (Lipinski definition) is 1. The van der Waals surface area contributed by atoms with Crippen LogP contribution in [-0.2, 0) is 19.6 Å². The number of pyridine rings is 1. The molecule has 240 valence electrons. The molecular formula is C34H37FN6O4S. The molecule has 4 heterocycles. The number of hydrogen-bond acceptors (Lipinski definition) is 8. The first kappa shape index (κ1) is 30.3. The second-order valence-corrected chi connectivity index (χ2v) is 14.6. The summed E-state index contributed by atoms with van der Waals surface area (Å²) in [5.41, 5.74) is 1.96. The van der Waals surface area contributed by atoms with Crippen molar-refractivity contribution in [3.8, 4) is 11.4 Å². The summed E-state index contributed by atoms with van der Waals surface area (Å²) in [6.07, 6.45) is 8.39. The standard InChI is InChI=1S/C34H37FN6O4S/c1-5-45-34(42)28-21-8-10-22(11-9-21)29(28)37-30-25-14-15-40(19(2)3)33(25)39-31(38-30)27-18-41(32-26(27)16-23(35)17-36-32)46(43,44)24-12-6-20(4)7-13-24/h6-7,12-19,21-22,28-29H,5,8-11H2,1-4H3,(H,37,38,39)/t21?,22?,28-,29-/m0/s1. The van der Waals surface area contributed by atoms with Gasteiger partial charge >= 0.3 is 5.97 Å². The molecule has 3 aliphatic carbocycles. The van der Waals surface area contributed by atoms with Crippen molar-refractivity contribution in [2.24, 2.45) is 17.8 Å². The van der Waals surface area contributed by atoms with Crippen LogP contribution in [0.2, 0.25) is 0 Å². The van der Waals surface area contributed by atoms with E-state index < -0.39 is 15.8 Å². The first-order valence-corrected chi connectivity index (χ1v) is 17.3. The van der Waals surface area contributed by atoms with Crippen LogP contribution >= 0.6 is 0 Å². The van der Waals surface area contributed by atoms with E-state index in [1.54, 1.807) is 12.1 Å². The summed E-state index contributed by atoms with van der Waals surface area (Å²) in [7, 11) is -4.09. The highest BCUT2D eigenvalue weighted by Crippen LogP contribution is 2.47. The van der Waals surface area contributed by atoms with Crippen molar-refractivity contribution in [1.29, 1.82) is 0 Å². The first-order chi connectivity index (χ1) is 22.1. The van der Waals surface area contributed by atoms with Crippen molar-refractivity contribution < 1.29 is 22.3 Å². The van der Waals surface area contributed by atoms with Crippen LogP contribution in [0.15, 0.2) is 59.9 Å². The van der Waals surface area contributed by atoms with E-state index >= 15 is 0 Å². The molecule has 0 amide bonds. The van der Waals surface area contributed by atoms with Gasteiger partial charge in [0, 0.05) is 35.4 Å². The smallest absolute Gasteiger partial charge is 0.311 e. The molecule has 46 heavy (non-hydrogen) atoms. The third-order valence-corrected chi connectivity index (χ3v) is 11.3. The zero-order chi connectivity index (χ0) is 32.3. The summed E-state index contributed by atoms with van der Waals surface area (Å²) < 4.78 is 51.1. The zero-order valence-electron chi connectivity index (χ0n) is 26.3. The number of halogens is 1. The quantitative estimate of drug-likeness (QED) is 0.190. The van der Waals surface area contributed by atoms with Crippen molar-refractivity contribution in [2.45, 2.75) is 70.4 Å². The number of fused-ring (bicyclic) bond motifs is 5. The minimum Gasteiger partial charge on any atom is -0.466 e. The summed E-state index contributed by atoms with van der Waals surface area (Å²) in [5.74, 6) is 0.174. The minimum atomic E-state index is -4.09. The lowest BCUT2D eigenvalue weighted by molar-refractivity contribution is -0.154. The number of esters is 1. The van der Waals surface area contributed by atoms with Crippen LogP contribution in [0.5, 0.6) is 0 Å². The van der Waals surface area contributed by atoms with Gasteiger partial charge in [-0.25, -0.2) is 31.7 Å². The average Bonchev–Trinajstić information content (AvgIpc) is 3.64. The molecule has 0 saturated heterocycles. The fraction of sp³-hybridized carbons (Fsp3) is 0.412. The van der Waals surface area contributed by atoms with Crippen LogP contribution in [0, 0.1) is 30.5 Å². The average molecular weight is 645 g/mol. The van der Waals surface area contributed by atoms with Crippen LogP contribution in [0.25, 0.3) is 33.5 Å². The Labute approximate surface area is 267 Å². The molecule has 0 aliphatic heterocycles. The molecule has 12 heteroatoms. The summed E-state index contributed by atoms with van der Waals surface area (Å²) >= 11 is 0. The van der Waals surface area contributed by atoms with Gasteiger partial charge < -0.3 is 14.6 Å². The highest BCUT2D eigenvalue weighted by Gasteiger charge is 2.48. The second-order valence-electron chi connectivity index (χ2n) is 12.8. The monoisotopic (exact) mass is 644 g/mol. The SMILES string of the molecule is CCOC(=O)[C@H]1C2CCC(CC2)[C@@H]1Nc1nc(-c2cn(S(=O)(=O)c3ccc(C)cc3)c3ncc(F)cc23)nc2c1ccn2C(C)C. The van der Waals surface area contributed by atoms with Gasteiger partial charge in [-0.15, -0.1) is 0 Å². The maximum atomic E-state index is 14.7. The number of anilines is 1. The normalized spacial score (nSPS) is 21.3. The number of nitrogens with zero attached hydrogens (tertiary/aromatic N) is 5. The first-order valence-electron chi connectivity index (χ1n) is 15.9. The number of aromatic nitrogens is 5. The summed E-state index contributed by atoms with van der Waals surface area (Å²) in [5, 5.41) is 4.70. The van der Waals surface area contributed by atoms with Crippen LogP contribution in [0.1, 0.15) is 58.1 Å². The lowest BCUT2D eigenvalue weighted by Gasteiger charge is -2.47. The van der Waals surface area contributed by atoms with Gasteiger partial charge in [0.25, 0.3) is 10.0 Å². The Balaban J connectivity index is 1.41. The molecule has 0 radical (unpaired) electrons. The summed E-state index contributed by atoms with van der Waals surface area (Å²) in [4.78, 5) is 27.4. The van der Waals surface area contributed by atoms with Crippen molar-refractivity contribution in [2.75, 3.05) is 11.9 Å². The van der Waals surface area contributed by atoms with E-state index in [9.17, 15) is 17.6 Å². The molecule has 0 unspecified atom stereocenters. The predicted octanol–water partition coefficient (Wildman–Crippen LogP) is 6.49. The number of benzene rings is 1. The van der Waals surface area contributed by atoms with Crippen molar-refractivity contribution in [1.82, 2.24) is 23.5 Å². The van der Waals surface area contributed by atoms with Crippen LogP contribution in [0.3, 0.4) is 0 Å². The van der Waals surface area contributed by atoms with Crippen molar-refractivity contribution >= 4 is 43.9 Å². The molecule has 1 aromatic carbocycles. The second kappa shape index (κ2) is 11.5. The number of ether oxygens (including phenoxy) is 1. The molecule has 3 fully saturated rings. The maximum Gasteiger partial charge on any atom is 0.311 e. The molecule has 1 N–H and O–H groups in total. The van der Waals surface area contributed by atoms with Crippen LogP contribution < -0.4 is 5.32 Å². The Morgan fingerprint density at radius 1 is 1.04 bits per heavy atom. The Hall–Kier alpha value is -4.32. The van der Waals surface area contributed by atoms with Gasteiger partial charge in [0.05, 0.1) is 29.0 Å². The number of nitrogens with one attached hydrogen (secondary N) is 1. The van der Waals surface area contributed by atoms with E-state index in [1.165, 1.54) is 24.4 Å². The van der Waals surface area contributed by atoms with Gasteiger partial charge in [-0.2, -0.15) is 0 Å². The highest BCUT2D eigenvalue weighted by atomic mass is 32.2. The zero-order valence-corrected chi connectivity index (χ0v) is 27.1. The van der Waals surface area contributed by atoms with Gasteiger partial charge in [0.1, 0.15) is 17.3 Å². The predicted molar refractivity (Wildman–Crippen MR) is 173 cm³/mol. The van der Waals surface area contributed by atoms with E-state index in [2.05, 4.69) is 10.3 Å². The molecule has 2 atom stereocenters. The molecular weight excluding hydrogens is 607 g/mol. The van der Waals surface area contributed by atoms with E-state index in [4.69, 9.17) is 14.7 Å². The number of aryl methyl sites for hydroxylation is 1. The molecule has 5 aromatic rings. The van der Waals surface area contributed by atoms with E-state index in [-0.39, 0.29) is 57.6 Å². The molecule has 3 aliphatic rings. The largest absolute Gasteiger partial charge is 0.466 e. The van der Waals surface area contributed by atoms with Gasteiger partial charge in [-0.1, -0.05) is 17.7 Å². The number of carbonyl (C=O) groups is 1. The van der Waals surface area contributed by atoms with Gasteiger partial charge in [0.2, 0.25) is 0 Å². The van der Waals surface area contributed by atoms with Crippen LogP contribution in [0.4, 0.5) is 10.2 Å². The fourth-order valence-electron chi connectivity index (χ4n) is 7.31. The van der Waals surface area contributed by atoms with Gasteiger partial charge in [0.15, 0.2) is 11.5 Å². The lowest BCUT2D eigenvalue weighted by Crippen LogP contribution is -2.52. The van der Waals surface area contributed by atoms with E-state index in [0.717, 1.165) is 46.8 Å². The maximum absolute atomic E-state index is 14.7. The molecule has 2 bridgehead atoms. The van der Waals surface area contributed by atoms with Crippen molar-refractivity contribution in [3.05, 3.63) is 66.4 Å². The Morgan fingerprint density at radius 2 is 1.76 bits per heavy atom. The molecule has 4 aromatic heterocycles. The molecule has 0 spiro atoms.